The van der Waals surface area contributed by atoms with Crippen molar-refractivity contribution in [2.45, 2.75) is 20.4 Å². The maximum atomic E-state index is 13.5. The van der Waals surface area contributed by atoms with Crippen LogP contribution < -0.4 is 10.6 Å². The van der Waals surface area contributed by atoms with Crippen LogP contribution >= 0.6 is 12.2 Å². The van der Waals surface area contributed by atoms with E-state index < -0.39 is 11.6 Å². The number of hydrogen-bond acceptors (Lipinski definition) is 1. The summed E-state index contributed by atoms with van der Waals surface area (Å²) in [6.07, 6.45) is 0. The molecule has 0 saturated heterocycles. The zero-order chi connectivity index (χ0) is 15.4. The van der Waals surface area contributed by atoms with Crippen molar-refractivity contribution in [1.29, 1.82) is 0 Å². The Kier molecular flexibility index (Phi) is 4.85. The minimum absolute atomic E-state index is 0.204. The minimum Gasteiger partial charge on any atom is -0.358 e. The molecule has 0 aliphatic carbocycles. The van der Waals surface area contributed by atoms with Crippen molar-refractivity contribution >= 4 is 23.0 Å². The molecule has 2 aromatic rings. The first-order valence-electron chi connectivity index (χ1n) is 6.53. The molecule has 0 amide bonds. The van der Waals surface area contributed by atoms with E-state index in [2.05, 4.69) is 10.6 Å². The van der Waals surface area contributed by atoms with Crippen molar-refractivity contribution in [3.05, 3.63) is 64.7 Å². The van der Waals surface area contributed by atoms with Crippen molar-refractivity contribution in [2.24, 2.45) is 0 Å². The van der Waals surface area contributed by atoms with Crippen LogP contribution in [-0.4, -0.2) is 5.11 Å². The van der Waals surface area contributed by atoms with E-state index >= 15 is 0 Å². The van der Waals surface area contributed by atoms with Gasteiger partial charge in [-0.15, -0.1) is 0 Å². The fourth-order valence-electron chi connectivity index (χ4n) is 1.94. The Morgan fingerprint density at radius 3 is 2.52 bits per heavy atom. The van der Waals surface area contributed by atoms with E-state index in [1.54, 1.807) is 0 Å². The van der Waals surface area contributed by atoms with Crippen LogP contribution in [0.2, 0.25) is 0 Å². The summed E-state index contributed by atoms with van der Waals surface area (Å²) in [6, 6.07) is 10.5. The summed E-state index contributed by atoms with van der Waals surface area (Å²) < 4.78 is 26.5. The Hall–Kier alpha value is -2.01. The fourth-order valence-corrected chi connectivity index (χ4v) is 2.12. The number of rotatable bonds is 3. The second kappa shape index (κ2) is 6.63. The number of halogens is 2. The van der Waals surface area contributed by atoms with Gasteiger partial charge in [-0.1, -0.05) is 24.3 Å². The first-order chi connectivity index (χ1) is 9.99. The van der Waals surface area contributed by atoms with E-state index in [1.165, 1.54) is 13.0 Å². The number of hydrogen-bond donors (Lipinski definition) is 2. The Morgan fingerprint density at radius 1 is 1.10 bits per heavy atom. The van der Waals surface area contributed by atoms with Crippen molar-refractivity contribution < 1.29 is 8.78 Å². The van der Waals surface area contributed by atoms with Gasteiger partial charge in [-0.3, -0.25) is 0 Å². The van der Waals surface area contributed by atoms with E-state index in [4.69, 9.17) is 12.2 Å². The van der Waals surface area contributed by atoms with Gasteiger partial charge in [0.25, 0.3) is 0 Å². The fraction of sp³-hybridized carbons (Fsp3) is 0.188. The molecule has 0 atom stereocenters. The van der Waals surface area contributed by atoms with Gasteiger partial charge in [-0.2, -0.15) is 0 Å². The van der Waals surface area contributed by atoms with E-state index in [1.807, 2.05) is 31.2 Å². The molecule has 5 heteroatoms. The summed E-state index contributed by atoms with van der Waals surface area (Å²) in [5, 5.41) is 6.30. The summed E-state index contributed by atoms with van der Waals surface area (Å²) in [7, 11) is 0. The summed E-state index contributed by atoms with van der Waals surface area (Å²) in [6.45, 7) is 4.10. The summed E-state index contributed by atoms with van der Waals surface area (Å²) in [4.78, 5) is 0. The molecule has 21 heavy (non-hydrogen) atoms. The van der Waals surface area contributed by atoms with Gasteiger partial charge in [0, 0.05) is 17.8 Å². The number of aryl methyl sites for hydroxylation is 1. The summed E-state index contributed by atoms with van der Waals surface area (Å²) >= 11 is 5.18. The molecule has 110 valence electrons. The van der Waals surface area contributed by atoms with Crippen LogP contribution in [0.25, 0.3) is 0 Å². The number of thiocarbonyl (C=S) groups is 1. The predicted octanol–water partition coefficient (Wildman–Crippen LogP) is 4.07. The maximum Gasteiger partial charge on any atom is 0.171 e. The molecule has 0 bridgehead atoms. The third-order valence-electron chi connectivity index (χ3n) is 3.29. The average molecular weight is 306 g/mol. The quantitative estimate of drug-likeness (QED) is 0.836. The molecule has 0 aromatic heterocycles. The molecule has 0 radical (unpaired) electrons. The topological polar surface area (TPSA) is 24.1 Å². The smallest absolute Gasteiger partial charge is 0.171 e. The molecule has 2 nitrogen and oxygen atoms in total. The highest BCUT2D eigenvalue weighted by Crippen LogP contribution is 2.20. The Morgan fingerprint density at radius 2 is 1.81 bits per heavy atom. The molecular formula is C16H16F2N2S. The number of anilines is 1. The van der Waals surface area contributed by atoms with Gasteiger partial charge in [0.1, 0.15) is 0 Å². The molecule has 0 unspecified atom stereocenters. The average Bonchev–Trinajstić information content (AvgIpc) is 2.47. The molecule has 0 fully saturated rings. The highest BCUT2D eigenvalue weighted by Gasteiger charge is 2.10. The zero-order valence-corrected chi connectivity index (χ0v) is 12.7. The van der Waals surface area contributed by atoms with Crippen LogP contribution in [0.1, 0.15) is 16.7 Å². The van der Waals surface area contributed by atoms with Gasteiger partial charge in [0.15, 0.2) is 16.7 Å². The van der Waals surface area contributed by atoms with Gasteiger partial charge >= 0.3 is 0 Å². The second-order valence-corrected chi connectivity index (χ2v) is 5.18. The molecule has 2 aromatic carbocycles. The van der Waals surface area contributed by atoms with Crippen LogP contribution in [-0.2, 0) is 6.54 Å². The predicted molar refractivity (Wildman–Crippen MR) is 85.3 cm³/mol. The van der Waals surface area contributed by atoms with Gasteiger partial charge in [-0.25, -0.2) is 8.78 Å². The molecule has 0 spiro atoms. The lowest BCUT2D eigenvalue weighted by atomic mass is 10.1. The van der Waals surface area contributed by atoms with Crippen molar-refractivity contribution in [3.8, 4) is 0 Å². The van der Waals surface area contributed by atoms with E-state index in [9.17, 15) is 8.78 Å². The molecule has 0 aliphatic heterocycles. The normalized spacial score (nSPS) is 10.3. The monoisotopic (exact) mass is 306 g/mol. The highest BCUT2D eigenvalue weighted by atomic mass is 32.1. The Bertz CT molecular complexity index is 671. The van der Waals surface area contributed by atoms with Gasteiger partial charge in [0.2, 0.25) is 0 Å². The molecule has 0 aliphatic rings. The standard InChI is InChI=1S/C16H16F2N2S/c1-10-5-3-4-6-12(10)9-19-16(21)20-14-8-7-13(17)15(18)11(14)2/h3-8H,9H2,1-2H3,(H2,19,20,21). The third kappa shape index (κ3) is 3.76. The van der Waals surface area contributed by atoms with E-state index in [0.717, 1.165) is 17.2 Å². The van der Waals surface area contributed by atoms with Crippen LogP contribution in [0.5, 0.6) is 0 Å². The van der Waals surface area contributed by atoms with Crippen LogP contribution in [0, 0.1) is 25.5 Å². The minimum atomic E-state index is -0.864. The Labute approximate surface area is 128 Å². The first-order valence-corrected chi connectivity index (χ1v) is 6.94. The lowest BCUT2D eigenvalue weighted by Crippen LogP contribution is -2.28. The maximum absolute atomic E-state index is 13.5. The van der Waals surface area contributed by atoms with Crippen molar-refractivity contribution in [2.75, 3.05) is 5.32 Å². The largest absolute Gasteiger partial charge is 0.358 e. The van der Waals surface area contributed by atoms with E-state index in [0.29, 0.717) is 17.3 Å². The number of benzene rings is 2. The second-order valence-electron chi connectivity index (χ2n) is 4.77. The van der Waals surface area contributed by atoms with Crippen molar-refractivity contribution in [1.82, 2.24) is 5.32 Å². The highest BCUT2D eigenvalue weighted by molar-refractivity contribution is 7.80. The Balaban J connectivity index is 2.00. The number of nitrogens with one attached hydrogen (secondary N) is 2. The van der Waals surface area contributed by atoms with Crippen LogP contribution in [0.3, 0.4) is 0 Å². The molecule has 0 heterocycles. The summed E-state index contributed by atoms with van der Waals surface area (Å²) in [5.74, 6) is -1.72. The molecular weight excluding hydrogens is 290 g/mol. The SMILES string of the molecule is Cc1ccccc1CNC(=S)Nc1ccc(F)c(F)c1C. The third-order valence-corrected chi connectivity index (χ3v) is 3.53. The van der Waals surface area contributed by atoms with Crippen molar-refractivity contribution in [3.63, 3.8) is 0 Å². The lowest BCUT2D eigenvalue weighted by molar-refractivity contribution is 0.504. The molecule has 2 rings (SSSR count). The molecule has 2 N–H and O–H groups in total. The van der Waals surface area contributed by atoms with Gasteiger partial charge < -0.3 is 10.6 Å². The van der Waals surface area contributed by atoms with Gasteiger partial charge in [0.05, 0.1) is 0 Å². The zero-order valence-electron chi connectivity index (χ0n) is 11.8. The molecule has 0 saturated carbocycles. The lowest BCUT2D eigenvalue weighted by Gasteiger charge is -2.14. The van der Waals surface area contributed by atoms with Gasteiger partial charge in [-0.05, 0) is 49.3 Å². The van der Waals surface area contributed by atoms with Crippen LogP contribution in [0.4, 0.5) is 14.5 Å². The van der Waals surface area contributed by atoms with Crippen LogP contribution in [0.15, 0.2) is 36.4 Å². The van der Waals surface area contributed by atoms with E-state index in [-0.39, 0.29) is 5.56 Å². The summed E-state index contributed by atoms with van der Waals surface area (Å²) in [5.41, 5.74) is 2.95. The first kappa shape index (κ1) is 15.4.